The van der Waals surface area contributed by atoms with Gasteiger partial charge in [0.05, 0.1) is 6.54 Å². The van der Waals surface area contributed by atoms with Crippen molar-refractivity contribution in [3.8, 4) is 0 Å². The van der Waals surface area contributed by atoms with E-state index in [0.717, 1.165) is 17.8 Å². The Hall–Kier alpha value is -1.20. The maximum atomic E-state index is 10.9. The Balaban J connectivity index is 2.00. The number of carbonyl (C=O) groups excluding carboxylic acids is 1. The molecular formula is C9H11N3OS. The summed E-state index contributed by atoms with van der Waals surface area (Å²) in [5.74, 6) is 0.0545. The number of benzene rings is 1. The van der Waals surface area contributed by atoms with Gasteiger partial charge in [-0.1, -0.05) is 12.1 Å². The SMILES string of the molecule is Nc1cccc(CN2CC(=O)NS2)c1. The third-order valence-corrected chi connectivity index (χ3v) is 2.75. The molecule has 14 heavy (non-hydrogen) atoms. The molecular weight excluding hydrogens is 198 g/mol. The second-order valence-electron chi connectivity index (χ2n) is 3.16. The van der Waals surface area contributed by atoms with Gasteiger partial charge in [-0.05, 0) is 17.7 Å². The van der Waals surface area contributed by atoms with Crippen LogP contribution < -0.4 is 10.5 Å². The number of nitrogen functional groups attached to an aromatic ring is 1. The molecule has 0 spiro atoms. The van der Waals surface area contributed by atoms with E-state index < -0.39 is 0 Å². The van der Waals surface area contributed by atoms with Crippen molar-refractivity contribution in [1.29, 1.82) is 0 Å². The maximum Gasteiger partial charge on any atom is 0.246 e. The fourth-order valence-electron chi connectivity index (χ4n) is 1.32. The van der Waals surface area contributed by atoms with Crippen LogP contribution in [0.5, 0.6) is 0 Å². The van der Waals surface area contributed by atoms with E-state index >= 15 is 0 Å². The molecule has 3 N–H and O–H groups in total. The first-order chi connectivity index (χ1) is 6.74. The first-order valence-corrected chi connectivity index (χ1v) is 5.06. The van der Waals surface area contributed by atoms with Gasteiger partial charge in [-0.15, -0.1) is 0 Å². The van der Waals surface area contributed by atoms with Gasteiger partial charge in [0, 0.05) is 24.4 Å². The maximum absolute atomic E-state index is 10.9. The molecule has 1 aliphatic rings. The van der Waals surface area contributed by atoms with Gasteiger partial charge >= 0.3 is 0 Å². The van der Waals surface area contributed by atoms with Gasteiger partial charge in [0.15, 0.2) is 0 Å². The smallest absolute Gasteiger partial charge is 0.246 e. The molecule has 2 rings (SSSR count). The van der Waals surface area contributed by atoms with Crippen molar-refractivity contribution in [3.63, 3.8) is 0 Å². The number of nitrogens with two attached hydrogens (primary N) is 1. The van der Waals surface area contributed by atoms with E-state index in [0.29, 0.717) is 6.54 Å². The van der Waals surface area contributed by atoms with Crippen molar-refractivity contribution < 1.29 is 4.79 Å². The largest absolute Gasteiger partial charge is 0.399 e. The molecule has 0 radical (unpaired) electrons. The minimum Gasteiger partial charge on any atom is -0.399 e. The zero-order valence-electron chi connectivity index (χ0n) is 7.56. The Morgan fingerprint density at radius 2 is 2.43 bits per heavy atom. The lowest BCUT2D eigenvalue weighted by molar-refractivity contribution is -0.118. The van der Waals surface area contributed by atoms with Crippen LogP contribution >= 0.6 is 12.1 Å². The number of hydrogen-bond donors (Lipinski definition) is 2. The lowest BCUT2D eigenvalue weighted by Crippen LogP contribution is -2.16. The van der Waals surface area contributed by atoms with Crippen molar-refractivity contribution in [2.24, 2.45) is 0 Å². The average molecular weight is 209 g/mol. The lowest BCUT2D eigenvalue weighted by Gasteiger charge is -2.10. The van der Waals surface area contributed by atoms with Crippen molar-refractivity contribution >= 4 is 23.7 Å². The standard InChI is InChI=1S/C9H11N3OS/c10-8-3-1-2-7(4-8)5-12-6-9(13)11-14-12/h1-4H,5-6,10H2,(H,11,13). The van der Waals surface area contributed by atoms with Crippen LogP contribution in [-0.4, -0.2) is 16.8 Å². The number of amides is 1. The molecule has 74 valence electrons. The third kappa shape index (κ3) is 2.18. The van der Waals surface area contributed by atoms with E-state index in [1.54, 1.807) is 0 Å². The van der Waals surface area contributed by atoms with E-state index in [9.17, 15) is 4.79 Å². The summed E-state index contributed by atoms with van der Waals surface area (Å²) in [5.41, 5.74) is 7.53. The molecule has 0 atom stereocenters. The van der Waals surface area contributed by atoms with Gasteiger partial charge in [0.1, 0.15) is 0 Å². The van der Waals surface area contributed by atoms with Gasteiger partial charge in [0.2, 0.25) is 5.91 Å². The van der Waals surface area contributed by atoms with Crippen LogP contribution in [0.2, 0.25) is 0 Å². The minimum atomic E-state index is 0.0545. The van der Waals surface area contributed by atoms with E-state index in [1.165, 1.54) is 12.1 Å². The summed E-state index contributed by atoms with van der Waals surface area (Å²) in [4.78, 5) is 10.9. The zero-order chi connectivity index (χ0) is 9.97. The topological polar surface area (TPSA) is 58.4 Å². The summed E-state index contributed by atoms with van der Waals surface area (Å²) in [6.07, 6.45) is 0. The van der Waals surface area contributed by atoms with Crippen LogP contribution in [0.1, 0.15) is 5.56 Å². The van der Waals surface area contributed by atoms with Crippen LogP contribution in [0.15, 0.2) is 24.3 Å². The number of anilines is 1. The number of nitrogens with zero attached hydrogens (tertiary/aromatic N) is 1. The van der Waals surface area contributed by atoms with Crippen molar-refractivity contribution in [2.75, 3.05) is 12.3 Å². The number of hydrogen-bond acceptors (Lipinski definition) is 4. The fraction of sp³-hybridized carbons (Fsp3) is 0.222. The molecule has 0 saturated carbocycles. The summed E-state index contributed by atoms with van der Waals surface area (Å²) >= 11 is 1.34. The Morgan fingerprint density at radius 1 is 1.57 bits per heavy atom. The highest BCUT2D eigenvalue weighted by Gasteiger charge is 2.19. The Labute approximate surface area is 86.7 Å². The molecule has 1 saturated heterocycles. The molecule has 1 aromatic carbocycles. The molecule has 0 aliphatic carbocycles. The molecule has 1 fully saturated rings. The molecule has 4 nitrogen and oxygen atoms in total. The molecule has 1 aromatic rings. The zero-order valence-corrected chi connectivity index (χ0v) is 8.38. The van der Waals surface area contributed by atoms with Crippen LogP contribution in [-0.2, 0) is 11.3 Å². The minimum absolute atomic E-state index is 0.0545. The van der Waals surface area contributed by atoms with Gasteiger partial charge < -0.3 is 5.73 Å². The van der Waals surface area contributed by atoms with Crippen LogP contribution in [0.3, 0.4) is 0 Å². The Kier molecular flexibility index (Phi) is 2.60. The van der Waals surface area contributed by atoms with Crippen molar-refractivity contribution in [1.82, 2.24) is 9.03 Å². The molecule has 5 heteroatoms. The van der Waals surface area contributed by atoms with Gasteiger partial charge in [0.25, 0.3) is 0 Å². The van der Waals surface area contributed by atoms with Crippen LogP contribution in [0, 0.1) is 0 Å². The van der Waals surface area contributed by atoms with Gasteiger partial charge in [-0.3, -0.25) is 9.52 Å². The quantitative estimate of drug-likeness (QED) is 0.558. The Morgan fingerprint density at radius 3 is 3.07 bits per heavy atom. The number of rotatable bonds is 2. The predicted molar refractivity (Wildman–Crippen MR) is 57.0 cm³/mol. The Bertz CT molecular complexity index is 356. The van der Waals surface area contributed by atoms with Crippen LogP contribution in [0.4, 0.5) is 5.69 Å². The first kappa shape index (κ1) is 9.36. The van der Waals surface area contributed by atoms with Crippen molar-refractivity contribution in [2.45, 2.75) is 6.54 Å². The molecule has 0 aromatic heterocycles. The molecule has 1 amide bonds. The summed E-state index contributed by atoms with van der Waals surface area (Å²) in [6, 6.07) is 7.69. The predicted octanol–water partition coefficient (Wildman–Crippen LogP) is 0.764. The summed E-state index contributed by atoms with van der Waals surface area (Å²) in [7, 11) is 0. The first-order valence-electron chi connectivity index (χ1n) is 4.29. The van der Waals surface area contributed by atoms with E-state index in [-0.39, 0.29) is 5.91 Å². The molecule has 0 bridgehead atoms. The van der Waals surface area contributed by atoms with Gasteiger partial charge in [-0.25, -0.2) is 4.31 Å². The second-order valence-corrected chi connectivity index (χ2v) is 4.06. The summed E-state index contributed by atoms with van der Waals surface area (Å²) < 4.78 is 4.63. The third-order valence-electron chi connectivity index (χ3n) is 1.92. The monoisotopic (exact) mass is 209 g/mol. The van der Waals surface area contributed by atoms with Crippen molar-refractivity contribution in [3.05, 3.63) is 29.8 Å². The number of nitrogens with one attached hydrogen (secondary N) is 1. The molecule has 0 unspecified atom stereocenters. The van der Waals surface area contributed by atoms with E-state index in [1.807, 2.05) is 28.6 Å². The highest BCUT2D eigenvalue weighted by atomic mass is 32.2. The summed E-state index contributed by atoms with van der Waals surface area (Å²) in [6.45, 7) is 1.17. The lowest BCUT2D eigenvalue weighted by atomic mass is 10.2. The van der Waals surface area contributed by atoms with Gasteiger partial charge in [-0.2, -0.15) is 0 Å². The highest BCUT2D eigenvalue weighted by molar-refractivity contribution is 7.96. The molecule has 1 heterocycles. The van der Waals surface area contributed by atoms with E-state index in [2.05, 4.69) is 4.72 Å². The van der Waals surface area contributed by atoms with E-state index in [4.69, 9.17) is 5.73 Å². The highest BCUT2D eigenvalue weighted by Crippen LogP contribution is 2.17. The average Bonchev–Trinajstić information content (AvgIpc) is 2.51. The summed E-state index contributed by atoms with van der Waals surface area (Å²) in [5, 5.41) is 0. The van der Waals surface area contributed by atoms with Crippen LogP contribution in [0.25, 0.3) is 0 Å². The second kappa shape index (κ2) is 3.89. The normalized spacial score (nSPS) is 17.0. The molecule has 1 aliphatic heterocycles. The fourth-order valence-corrected chi connectivity index (χ4v) is 2.01. The number of carbonyl (C=O) groups is 1.